The van der Waals surface area contributed by atoms with E-state index in [1.165, 1.54) is 86.4 Å². The molecule has 0 bridgehead atoms. The van der Waals surface area contributed by atoms with Gasteiger partial charge in [0, 0.05) is 48.7 Å². The summed E-state index contributed by atoms with van der Waals surface area (Å²) in [6.45, 7) is 4.73. The molecule has 52 heavy (non-hydrogen) atoms. The number of thiophene rings is 1. The zero-order valence-corrected chi connectivity index (χ0v) is 29.8. The Labute approximate surface area is 306 Å². The van der Waals surface area contributed by atoms with Crippen LogP contribution >= 0.6 is 11.3 Å². The Morgan fingerprint density at radius 3 is 1.87 bits per heavy atom. The van der Waals surface area contributed by atoms with Crippen molar-refractivity contribution in [2.75, 3.05) is 4.90 Å². The number of anilines is 3. The Kier molecular flexibility index (Phi) is 6.21. The molecule has 0 spiro atoms. The molecule has 1 aliphatic carbocycles. The highest BCUT2D eigenvalue weighted by Crippen LogP contribution is 2.52. The molecule has 0 fully saturated rings. The third-order valence-electron chi connectivity index (χ3n) is 11.4. The second-order valence-electron chi connectivity index (χ2n) is 14.5. The molecule has 3 heteroatoms. The van der Waals surface area contributed by atoms with Gasteiger partial charge in [-0.2, -0.15) is 0 Å². The van der Waals surface area contributed by atoms with Crippen LogP contribution in [0.15, 0.2) is 170 Å². The summed E-state index contributed by atoms with van der Waals surface area (Å²) >= 11 is 1.91. The first kappa shape index (κ1) is 29.6. The first-order valence-corrected chi connectivity index (χ1v) is 18.8. The van der Waals surface area contributed by atoms with Crippen molar-refractivity contribution >= 4 is 81.1 Å². The van der Waals surface area contributed by atoms with E-state index in [2.05, 4.69) is 193 Å². The van der Waals surface area contributed by atoms with Crippen LogP contribution in [0.3, 0.4) is 0 Å². The summed E-state index contributed by atoms with van der Waals surface area (Å²) in [6, 6.07) is 62.8. The first-order valence-electron chi connectivity index (χ1n) is 18.0. The zero-order chi connectivity index (χ0) is 34.6. The topological polar surface area (TPSA) is 8.17 Å². The maximum Gasteiger partial charge on any atom is 0.0640 e. The molecule has 0 saturated heterocycles. The maximum atomic E-state index is 2.48. The molecule has 0 unspecified atom stereocenters. The van der Waals surface area contributed by atoms with Gasteiger partial charge in [-0.05, 0) is 87.6 Å². The lowest BCUT2D eigenvalue weighted by Crippen LogP contribution is -2.16. The third-order valence-corrected chi connectivity index (χ3v) is 12.7. The zero-order valence-electron chi connectivity index (χ0n) is 29.0. The molecule has 0 aliphatic heterocycles. The molecule has 2 aromatic heterocycles. The van der Waals surface area contributed by atoms with Crippen LogP contribution in [0.4, 0.5) is 17.1 Å². The molecule has 0 amide bonds. The molecule has 0 N–H and O–H groups in total. The number of nitrogens with zero attached hydrogens (tertiary/aromatic N) is 2. The number of hydrogen-bond donors (Lipinski definition) is 0. The SMILES string of the molecule is CC1(C)c2ccccc2-c2ccc(N(c3ccc(-n4c5ccccc5c5ccccc54)cc3)c3cccc4c3sc3c5ccccc5ccc43)cc21. The van der Waals surface area contributed by atoms with E-state index in [0.29, 0.717) is 0 Å². The van der Waals surface area contributed by atoms with Crippen LogP contribution in [0.2, 0.25) is 0 Å². The van der Waals surface area contributed by atoms with E-state index in [1.54, 1.807) is 0 Å². The van der Waals surface area contributed by atoms with Gasteiger partial charge in [-0.1, -0.05) is 129 Å². The lowest BCUT2D eigenvalue weighted by molar-refractivity contribution is 0.660. The number of benzene rings is 8. The molecule has 246 valence electrons. The highest BCUT2D eigenvalue weighted by atomic mass is 32.1. The molecule has 8 aromatic carbocycles. The largest absolute Gasteiger partial charge is 0.309 e. The number of rotatable bonds is 4. The summed E-state index contributed by atoms with van der Waals surface area (Å²) < 4.78 is 5.03. The van der Waals surface area contributed by atoms with Crippen molar-refractivity contribution in [2.24, 2.45) is 0 Å². The van der Waals surface area contributed by atoms with Crippen LogP contribution in [0.5, 0.6) is 0 Å². The van der Waals surface area contributed by atoms with E-state index in [9.17, 15) is 0 Å². The number of hydrogen-bond acceptors (Lipinski definition) is 2. The molecule has 0 radical (unpaired) electrons. The molecular formula is C49H34N2S. The van der Waals surface area contributed by atoms with Crippen LogP contribution in [0.1, 0.15) is 25.0 Å². The highest BCUT2D eigenvalue weighted by molar-refractivity contribution is 7.27. The molecule has 0 atom stereocenters. The Balaban J connectivity index is 1.14. The van der Waals surface area contributed by atoms with Crippen molar-refractivity contribution in [1.29, 1.82) is 0 Å². The van der Waals surface area contributed by atoms with Crippen molar-refractivity contribution in [3.05, 3.63) is 181 Å². The molecule has 10 aromatic rings. The quantitative estimate of drug-likeness (QED) is 0.179. The number of aromatic nitrogens is 1. The minimum Gasteiger partial charge on any atom is -0.309 e. The maximum absolute atomic E-state index is 2.48. The lowest BCUT2D eigenvalue weighted by Gasteiger charge is -2.28. The Hall–Kier alpha value is -6.16. The van der Waals surface area contributed by atoms with Crippen LogP contribution < -0.4 is 4.90 Å². The van der Waals surface area contributed by atoms with Gasteiger partial charge in [-0.3, -0.25) is 0 Å². The fourth-order valence-electron chi connectivity index (χ4n) is 8.90. The van der Waals surface area contributed by atoms with Gasteiger partial charge < -0.3 is 9.47 Å². The second-order valence-corrected chi connectivity index (χ2v) is 15.6. The summed E-state index contributed by atoms with van der Waals surface area (Å²) in [6.07, 6.45) is 0. The molecular weight excluding hydrogens is 649 g/mol. The van der Waals surface area contributed by atoms with Gasteiger partial charge in [-0.25, -0.2) is 0 Å². The monoisotopic (exact) mass is 682 g/mol. The van der Waals surface area contributed by atoms with E-state index in [4.69, 9.17) is 0 Å². The van der Waals surface area contributed by atoms with Gasteiger partial charge >= 0.3 is 0 Å². The summed E-state index contributed by atoms with van der Waals surface area (Å²) in [5.41, 5.74) is 12.4. The number of fused-ring (bicyclic) bond motifs is 11. The Bertz CT molecular complexity index is 3000. The van der Waals surface area contributed by atoms with E-state index in [0.717, 1.165) is 11.4 Å². The predicted molar refractivity (Wildman–Crippen MR) is 223 cm³/mol. The van der Waals surface area contributed by atoms with E-state index in [1.807, 2.05) is 11.3 Å². The van der Waals surface area contributed by atoms with E-state index < -0.39 is 0 Å². The van der Waals surface area contributed by atoms with Gasteiger partial charge in [0.05, 0.1) is 21.4 Å². The third kappa shape index (κ3) is 4.11. The average molecular weight is 683 g/mol. The average Bonchev–Trinajstić information content (AvgIpc) is 3.82. The minimum atomic E-state index is -0.101. The highest BCUT2D eigenvalue weighted by Gasteiger charge is 2.36. The van der Waals surface area contributed by atoms with Crippen molar-refractivity contribution in [3.63, 3.8) is 0 Å². The Morgan fingerprint density at radius 1 is 0.462 bits per heavy atom. The van der Waals surface area contributed by atoms with Gasteiger partial charge in [0.15, 0.2) is 0 Å². The number of para-hydroxylation sites is 2. The fourth-order valence-corrected chi connectivity index (χ4v) is 10.2. The molecule has 1 aliphatic rings. The summed E-state index contributed by atoms with van der Waals surface area (Å²) in [5, 5.41) is 7.74. The van der Waals surface area contributed by atoms with Crippen molar-refractivity contribution in [2.45, 2.75) is 19.3 Å². The molecule has 0 saturated carbocycles. The van der Waals surface area contributed by atoms with Crippen LogP contribution in [-0.4, -0.2) is 4.57 Å². The molecule has 2 heterocycles. The van der Waals surface area contributed by atoms with Gasteiger partial charge in [0.25, 0.3) is 0 Å². The predicted octanol–water partition coefficient (Wildman–Crippen LogP) is 14.1. The van der Waals surface area contributed by atoms with Crippen LogP contribution in [-0.2, 0) is 5.41 Å². The fraction of sp³-hybridized carbons (Fsp3) is 0.0612. The van der Waals surface area contributed by atoms with Crippen LogP contribution in [0, 0.1) is 0 Å². The van der Waals surface area contributed by atoms with Crippen molar-refractivity contribution in [3.8, 4) is 16.8 Å². The van der Waals surface area contributed by atoms with Gasteiger partial charge in [0.1, 0.15) is 0 Å². The normalized spacial score (nSPS) is 13.3. The van der Waals surface area contributed by atoms with Crippen molar-refractivity contribution in [1.82, 2.24) is 4.57 Å². The van der Waals surface area contributed by atoms with Crippen molar-refractivity contribution < 1.29 is 0 Å². The first-order chi connectivity index (χ1) is 25.6. The Morgan fingerprint density at radius 2 is 1.08 bits per heavy atom. The summed E-state index contributed by atoms with van der Waals surface area (Å²) in [7, 11) is 0. The standard InChI is InChI=1S/C49H34N2S/c1-49(2)42-18-8-5-14-36(42)37-29-27-34(30-43(37)49)50(46-21-11-17-40-41-28-22-31-12-3-4-13-35(31)47(41)52-48(40)46)32-23-25-33(26-24-32)51-44-19-9-6-15-38(44)39-16-7-10-20-45(39)51/h3-30H,1-2H3. The molecule has 11 rings (SSSR count). The second kappa shape index (κ2) is 10.9. The van der Waals surface area contributed by atoms with Crippen LogP contribution in [0.25, 0.3) is 69.6 Å². The smallest absolute Gasteiger partial charge is 0.0640 e. The van der Waals surface area contributed by atoms with E-state index in [-0.39, 0.29) is 5.41 Å². The van der Waals surface area contributed by atoms with Gasteiger partial charge in [-0.15, -0.1) is 11.3 Å². The lowest BCUT2D eigenvalue weighted by atomic mass is 9.82. The molecule has 2 nitrogen and oxygen atoms in total. The minimum absolute atomic E-state index is 0.101. The van der Waals surface area contributed by atoms with Gasteiger partial charge in [0.2, 0.25) is 0 Å². The van der Waals surface area contributed by atoms with E-state index >= 15 is 0 Å². The summed E-state index contributed by atoms with van der Waals surface area (Å²) in [5.74, 6) is 0. The summed E-state index contributed by atoms with van der Waals surface area (Å²) in [4.78, 5) is 2.48.